The Hall–Kier alpha value is -3.81. The van der Waals surface area contributed by atoms with Crippen molar-refractivity contribution in [2.75, 3.05) is 4.90 Å². The number of halogens is 1. The fourth-order valence-corrected chi connectivity index (χ4v) is 5.51. The zero-order chi connectivity index (χ0) is 24.7. The van der Waals surface area contributed by atoms with Crippen LogP contribution in [0.2, 0.25) is 5.02 Å². The molecule has 174 valence electrons. The summed E-state index contributed by atoms with van der Waals surface area (Å²) in [6.07, 6.45) is 3.21. The van der Waals surface area contributed by atoms with Crippen molar-refractivity contribution < 1.29 is 14.7 Å². The van der Waals surface area contributed by atoms with Gasteiger partial charge in [0.25, 0.3) is 5.91 Å². The first-order chi connectivity index (χ1) is 16.9. The van der Waals surface area contributed by atoms with Gasteiger partial charge in [0, 0.05) is 28.7 Å². The Balaban J connectivity index is 1.64. The summed E-state index contributed by atoms with van der Waals surface area (Å²) in [6.45, 7) is 3.58. The van der Waals surface area contributed by atoms with Gasteiger partial charge in [-0.1, -0.05) is 48.0 Å². The topological polar surface area (TPSA) is 83.4 Å². The molecule has 3 heterocycles. The molecule has 1 N–H and O–H groups in total. The van der Waals surface area contributed by atoms with Crippen LogP contribution >= 0.6 is 22.9 Å². The number of carbonyl (C=O) groups excluding carboxylic acids is 2. The molecule has 4 aromatic rings. The first-order valence-corrected chi connectivity index (χ1v) is 12.1. The van der Waals surface area contributed by atoms with E-state index in [0.717, 1.165) is 11.1 Å². The van der Waals surface area contributed by atoms with Crippen molar-refractivity contribution in [1.82, 2.24) is 9.97 Å². The van der Waals surface area contributed by atoms with Crippen LogP contribution in [0.1, 0.15) is 32.5 Å². The van der Waals surface area contributed by atoms with Crippen LogP contribution in [0.15, 0.2) is 84.4 Å². The van der Waals surface area contributed by atoms with Crippen LogP contribution in [0.3, 0.4) is 0 Å². The lowest BCUT2D eigenvalue weighted by molar-refractivity contribution is -0.117. The van der Waals surface area contributed by atoms with Crippen LogP contribution in [-0.2, 0) is 4.79 Å². The number of nitrogens with zero attached hydrogens (tertiary/aromatic N) is 3. The number of hydrogen-bond donors (Lipinski definition) is 1. The van der Waals surface area contributed by atoms with E-state index in [4.69, 9.17) is 11.6 Å². The second kappa shape index (κ2) is 9.09. The van der Waals surface area contributed by atoms with E-state index in [9.17, 15) is 14.7 Å². The SMILES string of the molecule is Cc1cc(Cl)ccc1N1C(=O)C(O)=C(C(=O)c2sc(-c3ccccc3)nc2C)C1c1cccnc1. The Morgan fingerprint density at radius 2 is 1.86 bits per heavy atom. The van der Waals surface area contributed by atoms with Gasteiger partial charge in [0.15, 0.2) is 5.76 Å². The van der Waals surface area contributed by atoms with E-state index in [0.29, 0.717) is 31.9 Å². The molecule has 0 bridgehead atoms. The molecule has 0 fully saturated rings. The Morgan fingerprint density at radius 1 is 1.09 bits per heavy atom. The number of rotatable bonds is 5. The molecule has 1 amide bonds. The van der Waals surface area contributed by atoms with Gasteiger partial charge < -0.3 is 5.11 Å². The number of aliphatic hydroxyl groups is 1. The summed E-state index contributed by atoms with van der Waals surface area (Å²) < 4.78 is 0. The summed E-state index contributed by atoms with van der Waals surface area (Å²) in [4.78, 5) is 37.9. The maximum absolute atomic E-state index is 13.9. The standard InChI is InChI=1S/C27H20ClN3O3S/c1-15-13-19(28)10-11-20(15)31-22(18-9-6-12-29-14-18)21(24(33)27(31)34)23(32)25-16(2)30-26(35-25)17-7-4-3-5-8-17/h3-14,22,33H,1-2H3. The first-order valence-electron chi connectivity index (χ1n) is 10.9. The van der Waals surface area contributed by atoms with E-state index >= 15 is 0 Å². The highest BCUT2D eigenvalue weighted by Crippen LogP contribution is 2.44. The summed E-state index contributed by atoms with van der Waals surface area (Å²) in [5.74, 6) is -1.67. The molecule has 0 radical (unpaired) electrons. The number of aliphatic hydroxyl groups excluding tert-OH is 1. The largest absolute Gasteiger partial charge is 0.503 e. The number of amides is 1. The fraction of sp³-hybridized carbons (Fsp3) is 0.111. The van der Waals surface area contributed by atoms with Crippen LogP contribution in [0.5, 0.6) is 0 Å². The molecule has 8 heteroatoms. The third-order valence-corrected chi connectivity index (χ3v) is 7.34. The number of Topliss-reactive ketones (excluding diaryl/α,β-unsaturated/α-hetero) is 1. The van der Waals surface area contributed by atoms with Crippen LogP contribution in [0.4, 0.5) is 5.69 Å². The molecular weight excluding hydrogens is 482 g/mol. The summed E-state index contributed by atoms with van der Waals surface area (Å²) >= 11 is 7.38. The number of anilines is 1. The Bertz CT molecular complexity index is 1480. The van der Waals surface area contributed by atoms with Gasteiger partial charge in [0.2, 0.25) is 5.78 Å². The molecule has 5 rings (SSSR count). The third-order valence-electron chi connectivity index (χ3n) is 5.89. The minimum absolute atomic E-state index is 0.00344. The maximum atomic E-state index is 13.9. The molecular formula is C27H20ClN3O3S. The summed E-state index contributed by atoms with van der Waals surface area (Å²) in [5, 5.41) is 12.2. The van der Waals surface area contributed by atoms with E-state index in [1.807, 2.05) is 37.3 Å². The summed E-state index contributed by atoms with van der Waals surface area (Å²) in [6, 6.07) is 17.3. The zero-order valence-electron chi connectivity index (χ0n) is 18.9. The average Bonchev–Trinajstić information content (AvgIpc) is 3.37. The predicted molar refractivity (Wildman–Crippen MR) is 137 cm³/mol. The van der Waals surface area contributed by atoms with Crippen molar-refractivity contribution in [3.63, 3.8) is 0 Å². The molecule has 35 heavy (non-hydrogen) atoms. The summed E-state index contributed by atoms with van der Waals surface area (Å²) in [7, 11) is 0. The van der Waals surface area contributed by atoms with Gasteiger partial charge in [-0.2, -0.15) is 0 Å². The molecule has 6 nitrogen and oxygen atoms in total. The minimum Gasteiger partial charge on any atom is -0.503 e. The lowest BCUT2D eigenvalue weighted by atomic mass is 9.95. The number of hydrogen-bond acceptors (Lipinski definition) is 6. The Labute approximate surface area is 211 Å². The maximum Gasteiger partial charge on any atom is 0.294 e. The molecule has 0 spiro atoms. The monoisotopic (exact) mass is 501 g/mol. The van der Waals surface area contributed by atoms with Crippen molar-refractivity contribution in [3.8, 4) is 10.6 Å². The Morgan fingerprint density at radius 3 is 2.54 bits per heavy atom. The lowest BCUT2D eigenvalue weighted by Crippen LogP contribution is -2.31. The predicted octanol–water partition coefficient (Wildman–Crippen LogP) is 6.26. The fourth-order valence-electron chi connectivity index (χ4n) is 4.26. The molecule has 2 aromatic heterocycles. The van der Waals surface area contributed by atoms with E-state index in [1.165, 1.54) is 16.2 Å². The van der Waals surface area contributed by atoms with Gasteiger partial charge in [0.05, 0.1) is 22.2 Å². The molecule has 2 aromatic carbocycles. The van der Waals surface area contributed by atoms with Gasteiger partial charge in [-0.15, -0.1) is 11.3 Å². The van der Waals surface area contributed by atoms with E-state index in [1.54, 1.807) is 49.6 Å². The molecule has 1 aliphatic heterocycles. The number of thiazole rings is 1. The van der Waals surface area contributed by atoms with Crippen LogP contribution in [0.25, 0.3) is 10.6 Å². The molecule has 1 atom stereocenters. The molecule has 1 aliphatic rings. The summed E-state index contributed by atoms with van der Waals surface area (Å²) in [5.41, 5.74) is 3.33. The molecule has 0 aliphatic carbocycles. The minimum atomic E-state index is -0.856. The molecule has 0 saturated heterocycles. The number of pyridine rings is 1. The number of ketones is 1. The third kappa shape index (κ3) is 4.03. The van der Waals surface area contributed by atoms with Gasteiger partial charge in [-0.25, -0.2) is 4.98 Å². The van der Waals surface area contributed by atoms with Crippen molar-refractivity contribution in [3.05, 3.63) is 111 Å². The van der Waals surface area contributed by atoms with Gasteiger partial charge in [0.1, 0.15) is 5.01 Å². The smallest absolute Gasteiger partial charge is 0.294 e. The number of aryl methyl sites for hydroxylation is 2. The van der Waals surface area contributed by atoms with E-state index in [2.05, 4.69) is 9.97 Å². The van der Waals surface area contributed by atoms with E-state index in [-0.39, 0.29) is 5.57 Å². The number of benzene rings is 2. The quantitative estimate of drug-likeness (QED) is 0.326. The zero-order valence-corrected chi connectivity index (χ0v) is 20.5. The van der Waals surface area contributed by atoms with Gasteiger partial charge >= 0.3 is 0 Å². The van der Waals surface area contributed by atoms with Crippen LogP contribution in [-0.4, -0.2) is 26.8 Å². The second-order valence-electron chi connectivity index (χ2n) is 8.19. The van der Waals surface area contributed by atoms with Crippen molar-refractivity contribution in [2.45, 2.75) is 19.9 Å². The lowest BCUT2D eigenvalue weighted by Gasteiger charge is -2.28. The first kappa shape index (κ1) is 23.0. The van der Waals surface area contributed by atoms with E-state index < -0.39 is 23.5 Å². The Kier molecular flexibility index (Phi) is 5.96. The number of aromatic nitrogens is 2. The second-order valence-corrected chi connectivity index (χ2v) is 9.62. The molecule has 1 unspecified atom stereocenters. The molecule has 0 saturated carbocycles. The number of carbonyl (C=O) groups is 2. The van der Waals surface area contributed by atoms with Crippen molar-refractivity contribution >= 4 is 40.3 Å². The normalized spacial score (nSPS) is 15.7. The van der Waals surface area contributed by atoms with Crippen molar-refractivity contribution in [2.24, 2.45) is 0 Å². The highest BCUT2D eigenvalue weighted by Gasteiger charge is 2.45. The van der Waals surface area contributed by atoms with Crippen LogP contribution < -0.4 is 4.90 Å². The highest BCUT2D eigenvalue weighted by atomic mass is 35.5. The van der Waals surface area contributed by atoms with Gasteiger partial charge in [-0.3, -0.25) is 19.5 Å². The van der Waals surface area contributed by atoms with Gasteiger partial charge in [-0.05, 0) is 49.2 Å². The highest BCUT2D eigenvalue weighted by molar-refractivity contribution is 7.17. The van der Waals surface area contributed by atoms with Crippen LogP contribution in [0, 0.1) is 13.8 Å². The average molecular weight is 502 g/mol. The van der Waals surface area contributed by atoms with Crippen molar-refractivity contribution in [1.29, 1.82) is 0 Å².